The van der Waals surface area contributed by atoms with Crippen LogP contribution in [0.1, 0.15) is 5.56 Å². The smallest absolute Gasteiger partial charge is 0.277 e. The van der Waals surface area contributed by atoms with Crippen molar-refractivity contribution in [2.75, 3.05) is 11.1 Å². The van der Waals surface area contributed by atoms with E-state index in [4.69, 9.17) is 4.42 Å². The molecule has 2 aromatic heterocycles. The van der Waals surface area contributed by atoms with Crippen molar-refractivity contribution in [3.63, 3.8) is 0 Å². The number of thioether (sulfide) groups is 1. The number of carbonyl (C=O) groups excluding carboxylic acids is 1. The van der Waals surface area contributed by atoms with Gasteiger partial charge in [-0.25, -0.2) is 9.37 Å². The Morgan fingerprint density at radius 3 is 2.79 bits per heavy atom. The third-order valence-corrected chi connectivity index (χ3v) is 3.83. The second-order valence-corrected chi connectivity index (χ2v) is 5.86. The molecule has 1 amide bonds. The van der Waals surface area contributed by atoms with Crippen molar-refractivity contribution in [2.45, 2.75) is 12.1 Å². The lowest BCUT2D eigenvalue weighted by Crippen LogP contribution is -2.15. The van der Waals surface area contributed by atoms with Gasteiger partial charge in [0, 0.05) is 11.8 Å². The summed E-state index contributed by atoms with van der Waals surface area (Å²) in [5, 5.41) is 10.7. The van der Waals surface area contributed by atoms with Gasteiger partial charge < -0.3 is 9.73 Å². The summed E-state index contributed by atoms with van der Waals surface area (Å²) < 4.78 is 18.4. The van der Waals surface area contributed by atoms with E-state index < -0.39 is 0 Å². The fourth-order valence-corrected chi connectivity index (χ4v) is 2.45. The fourth-order valence-electron chi connectivity index (χ4n) is 1.89. The molecule has 0 saturated heterocycles. The van der Waals surface area contributed by atoms with Crippen LogP contribution in [0.5, 0.6) is 0 Å². The average molecular weight is 344 g/mol. The quantitative estimate of drug-likeness (QED) is 0.715. The van der Waals surface area contributed by atoms with Gasteiger partial charge in [0.1, 0.15) is 11.6 Å². The highest BCUT2D eigenvalue weighted by atomic mass is 32.2. The third kappa shape index (κ3) is 4.17. The summed E-state index contributed by atoms with van der Waals surface area (Å²) >= 11 is 1.12. The molecule has 0 aliphatic carbocycles. The Morgan fingerprint density at radius 2 is 2.04 bits per heavy atom. The highest BCUT2D eigenvalue weighted by Crippen LogP contribution is 2.23. The summed E-state index contributed by atoms with van der Waals surface area (Å²) in [5.41, 5.74) is 1.62. The van der Waals surface area contributed by atoms with Crippen molar-refractivity contribution >= 4 is 23.5 Å². The van der Waals surface area contributed by atoms with Crippen LogP contribution in [0.2, 0.25) is 0 Å². The standard InChI is InChI=1S/C16H13FN4O2S/c1-10-6-7-18-13(8-10)19-14(22)9-24-16-21-20-15(23-16)11-2-4-12(17)5-3-11/h2-8H,9H2,1H3,(H,18,19,22). The van der Waals surface area contributed by atoms with Gasteiger partial charge in [-0.05, 0) is 48.9 Å². The van der Waals surface area contributed by atoms with Crippen molar-refractivity contribution in [1.29, 1.82) is 0 Å². The number of rotatable bonds is 5. The molecule has 0 radical (unpaired) electrons. The molecular weight excluding hydrogens is 331 g/mol. The predicted octanol–water partition coefficient (Wildman–Crippen LogP) is 3.31. The van der Waals surface area contributed by atoms with Gasteiger partial charge in [0.15, 0.2) is 0 Å². The van der Waals surface area contributed by atoms with Crippen LogP contribution < -0.4 is 5.32 Å². The molecular formula is C16H13FN4O2S. The molecule has 1 N–H and O–H groups in total. The average Bonchev–Trinajstić information content (AvgIpc) is 3.03. The van der Waals surface area contributed by atoms with Gasteiger partial charge in [-0.15, -0.1) is 10.2 Å². The summed E-state index contributed by atoms with van der Waals surface area (Å²) in [6.07, 6.45) is 1.63. The molecule has 0 aliphatic heterocycles. The maximum absolute atomic E-state index is 12.9. The second-order valence-electron chi connectivity index (χ2n) is 4.94. The Bertz CT molecular complexity index is 851. The van der Waals surface area contributed by atoms with E-state index in [9.17, 15) is 9.18 Å². The van der Waals surface area contributed by atoms with Gasteiger partial charge in [-0.3, -0.25) is 4.79 Å². The Balaban J connectivity index is 1.57. The summed E-state index contributed by atoms with van der Waals surface area (Å²) in [6, 6.07) is 9.35. The van der Waals surface area contributed by atoms with Crippen molar-refractivity contribution in [1.82, 2.24) is 15.2 Å². The molecule has 122 valence electrons. The number of carbonyl (C=O) groups is 1. The Labute approximate surface area is 141 Å². The lowest BCUT2D eigenvalue weighted by molar-refractivity contribution is -0.113. The largest absolute Gasteiger partial charge is 0.411 e. The molecule has 0 bridgehead atoms. The number of hydrogen-bond donors (Lipinski definition) is 1. The number of halogens is 1. The van der Waals surface area contributed by atoms with Crippen LogP contribution in [0.15, 0.2) is 52.2 Å². The number of amides is 1. The first kappa shape index (κ1) is 16.1. The summed E-state index contributed by atoms with van der Waals surface area (Å²) in [7, 11) is 0. The van der Waals surface area contributed by atoms with Gasteiger partial charge in [-0.2, -0.15) is 0 Å². The molecule has 0 atom stereocenters. The van der Waals surface area contributed by atoms with E-state index in [2.05, 4.69) is 20.5 Å². The molecule has 3 aromatic rings. The van der Waals surface area contributed by atoms with Crippen LogP contribution in [0.4, 0.5) is 10.2 Å². The first-order valence-electron chi connectivity index (χ1n) is 7.05. The van der Waals surface area contributed by atoms with E-state index >= 15 is 0 Å². The van der Waals surface area contributed by atoms with Crippen molar-refractivity contribution < 1.29 is 13.6 Å². The Kier molecular flexibility index (Phi) is 4.85. The van der Waals surface area contributed by atoms with Gasteiger partial charge in [0.05, 0.1) is 5.75 Å². The molecule has 8 heteroatoms. The molecule has 3 rings (SSSR count). The second kappa shape index (κ2) is 7.22. The maximum Gasteiger partial charge on any atom is 0.277 e. The van der Waals surface area contributed by atoms with E-state index in [0.29, 0.717) is 11.4 Å². The number of benzene rings is 1. The number of hydrogen-bond acceptors (Lipinski definition) is 6. The number of aryl methyl sites for hydroxylation is 1. The van der Waals surface area contributed by atoms with E-state index in [0.717, 1.165) is 17.3 Å². The lowest BCUT2D eigenvalue weighted by atomic mass is 10.2. The maximum atomic E-state index is 12.9. The summed E-state index contributed by atoms with van der Waals surface area (Å²) in [6.45, 7) is 1.92. The molecule has 24 heavy (non-hydrogen) atoms. The zero-order valence-electron chi connectivity index (χ0n) is 12.7. The Hall–Kier alpha value is -2.74. The van der Waals surface area contributed by atoms with Crippen LogP contribution in [0, 0.1) is 12.7 Å². The van der Waals surface area contributed by atoms with Gasteiger partial charge in [0.25, 0.3) is 5.22 Å². The minimum Gasteiger partial charge on any atom is -0.411 e. The number of aromatic nitrogens is 3. The third-order valence-electron chi connectivity index (χ3n) is 3.01. The number of nitrogens with one attached hydrogen (secondary N) is 1. The van der Waals surface area contributed by atoms with Crippen LogP contribution in [0.3, 0.4) is 0 Å². The molecule has 0 saturated carbocycles. The van der Waals surface area contributed by atoms with Crippen molar-refractivity contribution in [3.05, 3.63) is 54.0 Å². The van der Waals surface area contributed by atoms with E-state index in [-0.39, 0.29) is 28.6 Å². The fraction of sp³-hybridized carbons (Fsp3) is 0.125. The molecule has 0 aliphatic rings. The van der Waals surface area contributed by atoms with Crippen LogP contribution >= 0.6 is 11.8 Å². The van der Waals surface area contributed by atoms with Crippen molar-refractivity contribution in [2.24, 2.45) is 0 Å². The summed E-state index contributed by atoms with van der Waals surface area (Å²) in [4.78, 5) is 16.0. The van der Waals surface area contributed by atoms with E-state index in [1.165, 1.54) is 12.1 Å². The van der Waals surface area contributed by atoms with Crippen LogP contribution in [0.25, 0.3) is 11.5 Å². The highest BCUT2D eigenvalue weighted by molar-refractivity contribution is 7.99. The van der Waals surface area contributed by atoms with Gasteiger partial charge >= 0.3 is 0 Å². The Morgan fingerprint density at radius 1 is 1.25 bits per heavy atom. The first-order chi connectivity index (χ1) is 11.6. The van der Waals surface area contributed by atoms with Crippen molar-refractivity contribution in [3.8, 4) is 11.5 Å². The number of pyridine rings is 1. The predicted molar refractivity (Wildman–Crippen MR) is 88.0 cm³/mol. The molecule has 2 heterocycles. The highest BCUT2D eigenvalue weighted by Gasteiger charge is 2.11. The minimum atomic E-state index is -0.339. The minimum absolute atomic E-state index is 0.112. The molecule has 0 spiro atoms. The topological polar surface area (TPSA) is 80.9 Å². The number of anilines is 1. The van der Waals surface area contributed by atoms with Crippen LogP contribution in [-0.2, 0) is 4.79 Å². The van der Waals surface area contributed by atoms with E-state index in [1.54, 1.807) is 24.4 Å². The molecule has 0 unspecified atom stereocenters. The normalized spacial score (nSPS) is 10.6. The zero-order valence-corrected chi connectivity index (χ0v) is 13.5. The van der Waals surface area contributed by atoms with Gasteiger partial charge in [0.2, 0.25) is 11.8 Å². The van der Waals surface area contributed by atoms with Gasteiger partial charge in [-0.1, -0.05) is 11.8 Å². The number of nitrogens with zero attached hydrogens (tertiary/aromatic N) is 3. The molecule has 6 nitrogen and oxygen atoms in total. The molecule has 1 aromatic carbocycles. The van der Waals surface area contributed by atoms with Crippen LogP contribution in [-0.4, -0.2) is 26.8 Å². The first-order valence-corrected chi connectivity index (χ1v) is 8.03. The lowest BCUT2D eigenvalue weighted by Gasteiger charge is -2.03. The SMILES string of the molecule is Cc1ccnc(NC(=O)CSc2nnc(-c3ccc(F)cc3)o2)c1. The summed E-state index contributed by atoms with van der Waals surface area (Å²) in [5.74, 6) is 0.325. The molecule has 0 fully saturated rings. The van der Waals surface area contributed by atoms with E-state index in [1.807, 2.05) is 13.0 Å². The monoisotopic (exact) mass is 344 g/mol. The zero-order chi connectivity index (χ0) is 16.9.